The van der Waals surface area contributed by atoms with Crippen molar-refractivity contribution in [2.75, 3.05) is 33.5 Å². The number of amides is 1. The van der Waals surface area contributed by atoms with E-state index in [1.807, 2.05) is 6.92 Å². The second-order valence-electron chi connectivity index (χ2n) is 8.57. The normalized spacial score (nSPS) is 21.0. The van der Waals surface area contributed by atoms with E-state index < -0.39 is 29.8 Å². The monoisotopic (exact) mass is 484 g/mol. The molecule has 0 bridgehead atoms. The number of aromatic carboxylic acids is 1. The van der Waals surface area contributed by atoms with E-state index in [1.165, 1.54) is 13.2 Å². The largest absolute Gasteiger partial charge is 0.497 e. The first-order valence-electron chi connectivity index (χ1n) is 11.4. The van der Waals surface area contributed by atoms with Gasteiger partial charge in [-0.1, -0.05) is 19.1 Å². The molecule has 2 aromatic rings. The van der Waals surface area contributed by atoms with Gasteiger partial charge in [0.05, 0.1) is 31.2 Å². The number of likely N-dealkylation sites (tertiary alicyclic amines) is 1. The van der Waals surface area contributed by atoms with Gasteiger partial charge in [0.25, 0.3) is 0 Å². The SMILES string of the molecule is CCCNC(=O)CN1C[C@H](c2ccc3c(c2)OCO3)[C@H](C(=O)O)[C@H]1c1ccc(OC)cc1C(=O)O. The molecular formula is C25H28N2O8. The smallest absolute Gasteiger partial charge is 0.336 e. The average Bonchev–Trinajstić information content (AvgIpc) is 3.46. The van der Waals surface area contributed by atoms with Gasteiger partial charge in [0.2, 0.25) is 12.7 Å². The molecule has 0 spiro atoms. The summed E-state index contributed by atoms with van der Waals surface area (Å²) in [6, 6.07) is 8.97. The fraction of sp³-hybridized carbons (Fsp3) is 0.400. The summed E-state index contributed by atoms with van der Waals surface area (Å²) in [6.45, 7) is 2.69. The van der Waals surface area contributed by atoms with E-state index in [1.54, 1.807) is 35.2 Å². The highest BCUT2D eigenvalue weighted by atomic mass is 16.7. The van der Waals surface area contributed by atoms with Gasteiger partial charge < -0.3 is 29.7 Å². The van der Waals surface area contributed by atoms with Crippen molar-refractivity contribution in [1.29, 1.82) is 0 Å². The highest BCUT2D eigenvalue weighted by Gasteiger charge is 2.49. The lowest BCUT2D eigenvalue weighted by molar-refractivity contribution is -0.143. The molecule has 10 heteroatoms. The Morgan fingerprint density at radius 2 is 1.89 bits per heavy atom. The Labute approximate surface area is 202 Å². The van der Waals surface area contributed by atoms with Gasteiger partial charge >= 0.3 is 11.9 Å². The van der Waals surface area contributed by atoms with Crippen molar-refractivity contribution in [3.8, 4) is 17.2 Å². The molecule has 2 aliphatic heterocycles. The van der Waals surface area contributed by atoms with Crippen LogP contribution in [0.1, 0.15) is 46.8 Å². The topological polar surface area (TPSA) is 135 Å². The molecule has 0 radical (unpaired) electrons. The third-order valence-electron chi connectivity index (χ3n) is 6.44. The summed E-state index contributed by atoms with van der Waals surface area (Å²) in [7, 11) is 1.43. The Hall–Kier alpha value is -3.79. The highest BCUT2D eigenvalue weighted by Crippen LogP contribution is 2.48. The van der Waals surface area contributed by atoms with Gasteiger partial charge in [0.15, 0.2) is 11.5 Å². The Kier molecular flexibility index (Phi) is 7.11. The van der Waals surface area contributed by atoms with Crippen molar-refractivity contribution in [2.45, 2.75) is 25.3 Å². The quantitative estimate of drug-likeness (QED) is 0.491. The van der Waals surface area contributed by atoms with Crippen LogP contribution in [0.4, 0.5) is 0 Å². The first kappa shape index (κ1) is 24.3. The number of rotatable bonds is 9. The molecule has 4 rings (SSSR count). The summed E-state index contributed by atoms with van der Waals surface area (Å²) in [5.41, 5.74) is 0.969. The van der Waals surface area contributed by atoms with Crippen LogP contribution >= 0.6 is 0 Å². The maximum atomic E-state index is 12.7. The summed E-state index contributed by atoms with van der Waals surface area (Å²) in [5, 5.41) is 23.1. The number of methoxy groups -OCH3 is 1. The van der Waals surface area contributed by atoms with Crippen LogP contribution in [0.15, 0.2) is 36.4 Å². The number of hydrogen-bond acceptors (Lipinski definition) is 7. The van der Waals surface area contributed by atoms with Gasteiger partial charge in [-0.05, 0) is 41.8 Å². The van der Waals surface area contributed by atoms with E-state index in [0.717, 1.165) is 6.42 Å². The summed E-state index contributed by atoms with van der Waals surface area (Å²) in [4.78, 5) is 39.2. The number of ether oxygens (including phenoxy) is 3. The summed E-state index contributed by atoms with van der Waals surface area (Å²) in [6.07, 6.45) is 0.758. The molecule has 3 N–H and O–H groups in total. The average molecular weight is 485 g/mol. The zero-order chi connectivity index (χ0) is 25.1. The highest BCUT2D eigenvalue weighted by molar-refractivity contribution is 5.91. The zero-order valence-electron chi connectivity index (χ0n) is 19.5. The van der Waals surface area contributed by atoms with Gasteiger partial charge in [-0.25, -0.2) is 4.79 Å². The second-order valence-corrected chi connectivity index (χ2v) is 8.57. The first-order valence-corrected chi connectivity index (χ1v) is 11.4. The minimum absolute atomic E-state index is 0.0640. The Balaban J connectivity index is 1.79. The van der Waals surface area contributed by atoms with Crippen LogP contribution in [0.3, 0.4) is 0 Å². The number of carboxylic acid groups (broad SMARTS) is 2. The lowest BCUT2D eigenvalue weighted by Crippen LogP contribution is -2.39. The van der Waals surface area contributed by atoms with Crippen LogP contribution in [0.5, 0.6) is 17.2 Å². The van der Waals surface area contributed by atoms with Gasteiger partial charge in [-0.15, -0.1) is 0 Å². The van der Waals surface area contributed by atoms with Crippen LogP contribution in [0, 0.1) is 5.92 Å². The van der Waals surface area contributed by atoms with Crippen LogP contribution < -0.4 is 19.5 Å². The lowest BCUT2D eigenvalue weighted by Gasteiger charge is -2.28. The van der Waals surface area contributed by atoms with Crippen molar-refractivity contribution < 1.29 is 38.8 Å². The van der Waals surface area contributed by atoms with Crippen LogP contribution in [-0.2, 0) is 9.59 Å². The second kappa shape index (κ2) is 10.2. The van der Waals surface area contributed by atoms with E-state index >= 15 is 0 Å². The number of nitrogens with one attached hydrogen (secondary N) is 1. The molecule has 1 amide bonds. The third-order valence-corrected chi connectivity index (χ3v) is 6.44. The van der Waals surface area contributed by atoms with Crippen LogP contribution in [0.25, 0.3) is 0 Å². The fourth-order valence-corrected chi connectivity index (χ4v) is 4.85. The molecule has 2 aromatic carbocycles. The number of carbonyl (C=O) groups excluding carboxylic acids is 1. The van der Waals surface area contributed by atoms with Crippen molar-refractivity contribution in [3.05, 3.63) is 53.1 Å². The van der Waals surface area contributed by atoms with Gasteiger partial charge in [0, 0.05) is 19.0 Å². The number of nitrogens with zero attached hydrogens (tertiary/aromatic N) is 1. The number of benzene rings is 2. The maximum Gasteiger partial charge on any atom is 0.336 e. The van der Waals surface area contributed by atoms with Crippen molar-refractivity contribution in [2.24, 2.45) is 5.92 Å². The summed E-state index contributed by atoms with van der Waals surface area (Å²) in [5.74, 6) is -2.62. The molecule has 35 heavy (non-hydrogen) atoms. The molecule has 0 aromatic heterocycles. The molecule has 0 unspecified atom stereocenters. The molecule has 0 saturated carbocycles. The number of fused-ring (bicyclic) bond motifs is 1. The standard InChI is InChI=1S/C25H28N2O8/c1-3-8-26-21(28)12-27-11-18(14-4-7-19-20(9-14)35-13-34-19)22(25(31)32)23(27)16-6-5-15(33-2)10-17(16)24(29)30/h4-7,9-10,18,22-23H,3,8,11-13H2,1-2H3,(H,26,28)(H,29,30)(H,31,32)/t18-,22+,23-/m1/s1. The fourth-order valence-electron chi connectivity index (χ4n) is 4.85. The Bertz CT molecular complexity index is 1130. The summed E-state index contributed by atoms with van der Waals surface area (Å²) >= 11 is 0. The minimum atomic E-state index is -1.20. The van der Waals surface area contributed by atoms with Crippen LogP contribution in [-0.4, -0.2) is 66.5 Å². The minimum Gasteiger partial charge on any atom is -0.497 e. The number of carbonyl (C=O) groups is 3. The zero-order valence-corrected chi connectivity index (χ0v) is 19.5. The third kappa shape index (κ3) is 4.88. The van der Waals surface area contributed by atoms with Crippen molar-refractivity contribution in [3.63, 3.8) is 0 Å². The summed E-state index contributed by atoms with van der Waals surface area (Å²) < 4.78 is 16.0. The van der Waals surface area contributed by atoms with E-state index in [9.17, 15) is 24.6 Å². The Morgan fingerprint density at radius 1 is 1.11 bits per heavy atom. The first-order chi connectivity index (χ1) is 16.8. The molecule has 0 aliphatic carbocycles. The predicted molar refractivity (Wildman–Crippen MR) is 124 cm³/mol. The number of aliphatic carboxylic acids is 1. The molecule has 2 heterocycles. The molecule has 2 aliphatic rings. The van der Waals surface area contributed by atoms with E-state index in [4.69, 9.17) is 14.2 Å². The predicted octanol–water partition coefficient (Wildman–Crippen LogP) is 2.49. The van der Waals surface area contributed by atoms with Crippen LogP contribution in [0.2, 0.25) is 0 Å². The van der Waals surface area contributed by atoms with Gasteiger partial charge in [-0.2, -0.15) is 0 Å². The van der Waals surface area contributed by atoms with Gasteiger partial charge in [-0.3, -0.25) is 14.5 Å². The molecule has 1 saturated heterocycles. The molecule has 1 fully saturated rings. The lowest BCUT2D eigenvalue weighted by atomic mass is 9.81. The van der Waals surface area contributed by atoms with E-state index in [2.05, 4.69) is 5.32 Å². The maximum absolute atomic E-state index is 12.7. The van der Waals surface area contributed by atoms with Crippen molar-refractivity contribution >= 4 is 17.8 Å². The molecule has 3 atom stereocenters. The number of carboxylic acids is 2. The van der Waals surface area contributed by atoms with Gasteiger partial charge in [0.1, 0.15) is 5.75 Å². The Morgan fingerprint density at radius 3 is 2.57 bits per heavy atom. The molecule has 10 nitrogen and oxygen atoms in total. The molecular weight excluding hydrogens is 456 g/mol. The van der Waals surface area contributed by atoms with E-state index in [-0.39, 0.29) is 31.4 Å². The van der Waals surface area contributed by atoms with Crippen molar-refractivity contribution in [1.82, 2.24) is 10.2 Å². The number of hydrogen-bond donors (Lipinski definition) is 3. The molecule has 186 valence electrons. The van der Waals surface area contributed by atoms with E-state index in [0.29, 0.717) is 34.9 Å².